The van der Waals surface area contributed by atoms with E-state index in [-0.39, 0.29) is 16.9 Å². The molecule has 9 heteroatoms. The third-order valence-electron chi connectivity index (χ3n) is 4.26. The van der Waals surface area contributed by atoms with Crippen molar-refractivity contribution >= 4 is 33.4 Å². The first kappa shape index (κ1) is 20.8. The number of carbonyl (C=O) groups is 2. The molecule has 152 valence electrons. The summed E-state index contributed by atoms with van der Waals surface area (Å²) in [5, 5.41) is 0. The number of rotatable bonds is 3. The van der Waals surface area contributed by atoms with Gasteiger partial charge in [-0.15, -0.1) is 0 Å². The number of nitrogens with zero attached hydrogens (tertiary/aromatic N) is 2. The number of aryl methyl sites for hydroxylation is 2. The van der Waals surface area contributed by atoms with E-state index in [1.54, 1.807) is 4.57 Å². The van der Waals surface area contributed by atoms with Crippen molar-refractivity contribution < 1.29 is 27.5 Å². The summed E-state index contributed by atoms with van der Waals surface area (Å²) in [6, 6.07) is 7.91. The Hall–Kier alpha value is -2.94. The van der Waals surface area contributed by atoms with Gasteiger partial charge in [0.05, 0.1) is 22.9 Å². The van der Waals surface area contributed by atoms with Gasteiger partial charge in [-0.3, -0.25) is 9.59 Å². The number of halogens is 3. The number of methoxy groups -OCH3 is 1. The van der Waals surface area contributed by atoms with Crippen molar-refractivity contribution in [3.05, 3.63) is 63.5 Å². The molecule has 1 aromatic heterocycles. The largest absolute Gasteiger partial charge is 0.468 e. The minimum absolute atomic E-state index is 0.172. The van der Waals surface area contributed by atoms with Crippen LogP contribution in [0.3, 0.4) is 0 Å². The van der Waals surface area contributed by atoms with E-state index in [4.69, 9.17) is 4.74 Å². The lowest BCUT2D eigenvalue weighted by Crippen LogP contribution is -2.22. The quantitative estimate of drug-likeness (QED) is 0.593. The number of benzene rings is 2. The second-order valence-electron chi connectivity index (χ2n) is 6.47. The average molecular weight is 422 g/mol. The number of esters is 1. The molecule has 0 radical (unpaired) electrons. The maximum Gasteiger partial charge on any atom is 0.416 e. The zero-order valence-corrected chi connectivity index (χ0v) is 16.6. The Morgan fingerprint density at radius 3 is 2.55 bits per heavy atom. The molecule has 0 atom stereocenters. The highest BCUT2D eigenvalue weighted by Gasteiger charge is 2.30. The lowest BCUT2D eigenvalue weighted by atomic mass is 10.1. The molecule has 0 saturated heterocycles. The van der Waals surface area contributed by atoms with E-state index in [0.717, 1.165) is 39.5 Å². The summed E-state index contributed by atoms with van der Waals surface area (Å²) in [6.07, 6.45) is -4.56. The summed E-state index contributed by atoms with van der Waals surface area (Å²) in [5.41, 5.74) is 1.49. The van der Waals surface area contributed by atoms with E-state index in [9.17, 15) is 22.8 Å². The highest BCUT2D eigenvalue weighted by atomic mass is 32.1. The van der Waals surface area contributed by atoms with Crippen LogP contribution in [0.1, 0.15) is 27.0 Å². The van der Waals surface area contributed by atoms with Gasteiger partial charge in [0.15, 0.2) is 4.80 Å². The maximum atomic E-state index is 12.9. The van der Waals surface area contributed by atoms with Gasteiger partial charge in [0.1, 0.15) is 6.54 Å². The van der Waals surface area contributed by atoms with Crippen LogP contribution in [0.5, 0.6) is 0 Å². The van der Waals surface area contributed by atoms with Crippen molar-refractivity contribution in [2.45, 2.75) is 26.6 Å². The Morgan fingerprint density at radius 1 is 1.17 bits per heavy atom. The molecule has 1 heterocycles. The number of carbonyl (C=O) groups excluding carboxylic acids is 2. The fraction of sp³-hybridized carbons (Fsp3) is 0.250. The standard InChI is InChI=1S/C20H17F3N2O3S/c1-11-7-12(2)17-15(8-11)29-19(25(17)10-16(26)28-3)24-18(27)13-5-4-6-14(9-13)20(21,22)23/h4-9H,10H2,1-3H3. The second-order valence-corrected chi connectivity index (χ2v) is 7.48. The lowest BCUT2D eigenvalue weighted by molar-refractivity contribution is -0.141. The smallest absolute Gasteiger partial charge is 0.416 e. The van der Waals surface area contributed by atoms with E-state index in [2.05, 4.69) is 4.99 Å². The number of aromatic nitrogens is 1. The molecule has 0 aliphatic rings. The Labute approximate surface area is 168 Å². The van der Waals surface area contributed by atoms with Gasteiger partial charge in [0.25, 0.3) is 5.91 Å². The molecule has 0 aliphatic heterocycles. The molecule has 1 amide bonds. The highest BCUT2D eigenvalue weighted by molar-refractivity contribution is 7.16. The Bertz CT molecular complexity index is 1180. The van der Waals surface area contributed by atoms with Gasteiger partial charge in [0.2, 0.25) is 0 Å². The minimum Gasteiger partial charge on any atom is -0.468 e. The van der Waals surface area contributed by atoms with E-state index < -0.39 is 23.6 Å². The van der Waals surface area contributed by atoms with Crippen LogP contribution >= 0.6 is 11.3 Å². The lowest BCUT2D eigenvalue weighted by Gasteiger charge is -2.07. The predicted molar refractivity (Wildman–Crippen MR) is 103 cm³/mol. The summed E-state index contributed by atoms with van der Waals surface area (Å²) >= 11 is 1.18. The van der Waals surface area contributed by atoms with Crippen LogP contribution in [-0.2, 0) is 22.3 Å². The number of thiazole rings is 1. The van der Waals surface area contributed by atoms with E-state index >= 15 is 0 Å². The molecule has 0 unspecified atom stereocenters. The van der Waals surface area contributed by atoms with Gasteiger partial charge < -0.3 is 9.30 Å². The summed E-state index contributed by atoms with van der Waals surface area (Å²) in [6.45, 7) is 3.62. The monoisotopic (exact) mass is 422 g/mol. The van der Waals surface area contributed by atoms with Crippen LogP contribution in [0, 0.1) is 13.8 Å². The third-order valence-corrected chi connectivity index (χ3v) is 5.29. The van der Waals surface area contributed by atoms with E-state index in [1.807, 2.05) is 26.0 Å². The van der Waals surface area contributed by atoms with Crippen LogP contribution in [0.25, 0.3) is 10.2 Å². The molecular weight excluding hydrogens is 405 g/mol. The number of amides is 1. The van der Waals surface area contributed by atoms with Crippen LogP contribution in [0.2, 0.25) is 0 Å². The summed E-state index contributed by atoms with van der Waals surface area (Å²) < 4.78 is 45.9. The zero-order valence-electron chi connectivity index (χ0n) is 15.8. The number of hydrogen-bond donors (Lipinski definition) is 0. The molecule has 2 aromatic carbocycles. The van der Waals surface area contributed by atoms with Gasteiger partial charge in [-0.1, -0.05) is 23.5 Å². The molecule has 3 rings (SSSR count). The van der Waals surface area contributed by atoms with Gasteiger partial charge in [-0.05, 0) is 49.2 Å². The number of alkyl halides is 3. The molecule has 0 spiro atoms. The van der Waals surface area contributed by atoms with Crippen molar-refractivity contribution in [3.63, 3.8) is 0 Å². The molecule has 3 aromatic rings. The summed E-state index contributed by atoms with van der Waals surface area (Å²) in [5.74, 6) is -1.35. The zero-order chi connectivity index (χ0) is 21.3. The van der Waals surface area contributed by atoms with Crippen molar-refractivity contribution in [2.24, 2.45) is 4.99 Å². The first-order valence-electron chi connectivity index (χ1n) is 8.54. The number of hydrogen-bond acceptors (Lipinski definition) is 4. The van der Waals surface area contributed by atoms with Crippen LogP contribution in [0.4, 0.5) is 13.2 Å². The van der Waals surface area contributed by atoms with Crippen LogP contribution in [0.15, 0.2) is 41.4 Å². The summed E-state index contributed by atoms with van der Waals surface area (Å²) in [4.78, 5) is 28.7. The second kappa shape index (κ2) is 7.82. The maximum absolute atomic E-state index is 12.9. The van der Waals surface area contributed by atoms with Gasteiger partial charge in [-0.25, -0.2) is 0 Å². The minimum atomic E-state index is -4.56. The van der Waals surface area contributed by atoms with Gasteiger partial charge >= 0.3 is 12.1 Å². The Kier molecular flexibility index (Phi) is 5.61. The van der Waals surface area contributed by atoms with Gasteiger partial charge in [-0.2, -0.15) is 18.2 Å². The first-order valence-corrected chi connectivity index (χ1v) is 9.35. The Morgan fingerprint density at radius 2 is 1.90 bits per heavy atom. The van der Waals surface area contributed by atoms with Gasteiger partial charge in [0, 0.05) is 5.56 Å². The molecule has 0 saturated carbocycles. The highest BCUT2D eigenvalue weighted by Crippen LogP contribution is 2.29. The summed E-state index contributed by atoms with van der Waals surface area (Å²) in [7, 11) is 1.25. The fourth-order valence-electron chi connectivity index (χ4n) is 3.00. The SMILES string of the molecule is COC(=O)Cn1c(=NC(=O)c2cccc(C(F)(F)F)c2)sc2cc(C)cc(C)c21. The molecule has 5 nitrogen and oxygen atoms in total. The Balaban J connectivity index is 2.17. The average Bonchev–Trinajstić information content (AvgIpc) is 2.97. The van der Waals surface area contributed by atoms with Crippen LogP contribution in [-0.4, -0.2) is 23.6 Å². The molecule has 29 heavy (non-hydrogen) atoms. The number of ether oxygens (including phenoxy) is 1. The topological polar surface area (TPSA) is 60.7 Å². The molecule has 0 bridgehead atoms. The normalized spacial score (nSPS) is 12.4. The fourth-order valence-corrected chi connectivity index (χ4v) is 4.20. The third kappa shape index (κ3) is 4.40. The van der Waals surface area contributed by atoms with E-state index in [1.165, 1.54) is 24.5 Å². The molecular formula is C20H17F3N2O3S. The molecule has 0 N–H and O–H groups in total. The van der Waals surface area contributed by atoms with Crippen molar-refractivity contribution in [1.82, 2.24) is 4.57 Å². The first-order chi connectivity index (χ1) is 13.6. The predicted octanol–water partition coefficient (Wildman–Crippen LogP) is 4.25. The number of fused-ring (bicyclic) bond motifs is 1. The van der Waals surface area contributed by atoms with Crippen molar-refractivity contribution in [1.29, 1.82) is 0 Å². The van der Waals surface area contributed by atoms with Crippen molar-refractivity contribution in [2.75, 3.05) is 7.11 Å². The molecule has 0 fully saturated rings. The van der Waals surface area contributed by atoms with Crippen molar-refractivity contribution in [3.8, 4) is 0 Å². The molecule has 0 aliphatic carbocycles. The van der Waals surface area contributed by atoms with Crippen LogP contribution < -0.4 is 4.80 Å². The van der Waals surface area contributed by atoms with E-state index in [0.29, 0.717) is 0 Å².